The van der Waals surface area contributed by atoms with Gasteiger partial charge in [0.2, 0.25) is 5.91 Å². The van der Waals surface area contributed by atoms with Crippen LogP contribution in [0.25, 0.3) is 0 Å². The molecule has 4 heteroatoms. The summed E-state index contributed by atoms with van der Waals surface area (Å²) in [5, 5.41) is 6.66. The Labute approximate surface area is 117 Å². The average Bonchev–Trinajstić information content (AvgIpc) is 2.76. The summed E-state index contributed by atoms with van der Waals surface area (Å²) in [6.45, 7) is 10.1. The number of hydrogen-bond acceptors (Lipinski definition) is 3. The molecule has 2 atom stereocenters. The summed E-state index contributed by atoms with van der Waals surface area (Å²) < 4.78 is 0. The van der Waals surface area contributed by atoms with Crippen LogP contribution in [0.1, 0.15) is 46.0 Å². The van der Waals surface area contributed by atoms with E-state index < -0.39 is 0 Å². The van der Waals surface area contributed by atoms with Gasteiger partial charge in [0, 0.05) is 32.1 Å². The summed E-state index contributed by atoms with van der Waals surface area (Å²) in [5.41, 5.74) is 0.426. The molecule has 0 aromatic carbocycles. The predicted octanol–water partition coefficient (Wildman–Crippen LogP) is 1.37. The molecule has 2 fully saturated rings. The summed E-state index contributed by atoms with van der Waals surface area (Å²) in [4.78, 5) is 14.2. The predicted molar refractivity (Wildman–Crippen MR) is 78.1 cm³/mol. The Kier molecular flexibility index (Phi) is 5.22. The molecule has 2 aliphatic rings. The van der Waals surface area contributed by atoms with Crippen LogP contribution < -0.4 is 10.6 Å². The lowest BCUT2D eigenvalue weighted by atomic mass is 9.88. The highest BCUT2D eigenvalue weighted by atomic mass is 16.1. The van der Waals surface area contributed by atoms with Crippen LogP contribution in [0.3, 0.4) is 0 Å². The molecule has 2 heterocycles. The van der Waals surface area contributed by atoms with Gasteiger partial charge in [-0.1, -0.05) is 13.8 Å². The maximum atomic E-state index is 11.7. The number of nitrogens with zero attached hydrogens (tertiary/aromatic N) is 1. The molecule has 2 saturated heterocycles. The van der Waals surface area contributed by atoms with Gasteiger partial charge >= 0.3 is 0 Å². The SMILES string of the molecule is CCCC(=O)NC1CCCN(CC2(C)CCNC2)C1. The lowest BCUT2D eigenvalue weighted by Crippen LogP contribution is -2.50. The molecule has 2 aliphatic heterocycles. The minimum absolute atomic E-state index is 0.225. The Morgan fingerprint density at radius 1 is 1.53 bits per heavy atom. The van der Waals surface area contributed by atoms with E-state index in [-0.39, 0.29) is 5.91 Å². The maximum absolute atomic E-state index is 11.7. The fraction of sp³-hybridized carbons (Fsp3) is 0.933. The highest BCUT2D eigenvalue weighted by Crippen LogP contribution is 2.27. The number of piperidine rings is 1. The number of carbonyl (C=O) groups excluding carboxylic acids is 1. The molecule has 0 saturated carbocycles. The van der Waals surface area contributed by atoms with Crippen LogP contribution in [0.2, 0.25) is 0 Å². The molecule has 2 unspecified atom stereocenters. The molecule has 0 bridgehead atoms. The number of carbonyl (C=O) groups is 1. The lowest BCUT2D eigenvalue weighted by molar-refractivity contribution is -0.122. The maximum Gasteiger partial charge on any atom is 0.220 e. The number of rotatable bonds is 5. The third-order valence-electron chi connectivity index (χ3n) is 4.41. The number of amides is 1. The topological polar surface area (TPSA) is 44.4 Å². The Morgan fingerprint density at radius 2 is 2.37 bits per heavy atom. The Hall–Kier alpha value is -0.610. The zero-order valence-electron chi connectivity index (χ0n) is 12.5. The minimum Gasteiger partial charge on any atom is -0.352 e. The summed E-state index contributed by atoms with van der Waals surface area (Å²) in [5.74, 6) is 0.225. The number of nitrogens with one attached hydrogen (secondary N) is 2. The highest BCUT2D eigenvalue weighted by molar-refractivity contribution is 5.76. The second kappa shape index (κ2) is 6.71. The van der Waals surface area contributed by atoms with Crippen molar-refractivity contribution in [2.75, 3.05) is 32.7 Å². The fourth-order valence-electron chi connectivity index (χ4n) is 3.39. The van der Waals surface area contributed by atoms with Gasteiger partial charge in [-0.15, -0.1) is 0 Å². The van der Waals surface area contributed by atoms with Crippen molar-refractivity contribution in [3.63, 3.8) is 0 Å². The highest BCUT2D eigenvalue weighted by Gasteiger charge is 2.32. The third kappa shape index (κ3) is 4.46. The lowest BCUT2D eigenvalue weighted by Gasteiger charge is -2.38. The fourth-order valence-corrected chi connectivity index (χ4v) is 3.39. The van der Waals surface area contributed by atoms with Crippen LogP contribution in [-0.4, -0.2) is 49.6 Å². The van der Waals surface area contributed by atoms with Crippen LogP contribution in [0, 0.1) is 5.41 Å². The van der Waals surface area contributed by atoms with Crippen molar-refractivity contribution in [2.45, 2.75) is 52.0 Å². The van der Waals surface area contributed by atoms with Gasteiger partial charge in [0.15, 0.2) is 0 Å². The second-order valence-electron chi connectivity index (χ2n) is 6.63. The minimum atomic E-state index is 0.225. The van der Waals surface area contributed by atoms with E-state index in [9.17, 15) is 4.79 Å². The van der Waals surface area contributed by atoms with Crippen molar-refractivity contribution < 1.29 is 4.79 Å². The van der Waals surface area contributed by atoms with Gasteiger partial charge in [0.05, 0.1) is 0 Å². The van der Waals surface area contributed by atoms with E-state index in [1.807, 2.05) is 0 Å². The first-order valence-electron chi connectivity index (χ1n) is 7.84. The van der Waals surface area contributed by atoms with E-state index in [1.54, 1.807) is 0 Å². The first-order chi connectivity index (χ1) is 9.11. The third-order valence-corrected chi connectivity index (χ3v) is 4.41. The van der Waals surface area contributed by atoms with Crippen molar-refractivity contribution >= 4 is 5.91 Å². The van der Waals surface area contributed by atoms with E-state index in [1.165, 1.54) is 25.9 Å². The van der Waals surface area contributed by atoms with Crippen molar-refractivity contribution in [1.82, 2.24) is 15.5 Å². The molecular weight excluding hydrogens is 238 g/mol. The summed E-state index contributed by atoms with van der Waals surface area (Å²) in [6.07, 6.45) is 5.22. The van der Waals surface area contributed by atoms with E-state index in [0.717, 1.165) is 32.5 Å². The van der Waals surface area contributed by atoms with Gasteiger partial charge in [-0.05, 0) is 44.2 Å². The van der Waals surface area contributed by atoms with Crippen LogP contribution in [0.15, 0.2) is 0 Å². The van der Waals surface area contributed by atoms with Gasteiger partial charge in [-0.3, -0.25) is 4.79 Å². The normalized spacial score (nSPS) is 32.4. The molecule has 4 nitrogen and oxygen atoms in total. The van der Waals surface area contributed by atoms with E-state index >= 15 is 0 Å². The van der Waals surface area contributed by atoms with Crippen molar-refractivity contribution in [3.05, 3.63) is 0 Å². The van der Waals surface area contributed by atoms with Crippen LogP contribution in [0.4, 0.5) is 0 Å². The monoisotopic (exact) mass is 267 g/mol. The summed E-state index contributed by atoms with van der Waals surface area (Å²) in [6, 6.07) is 0.366. The molecule has 0 aromatic heterocycles. The average molecular weight is 267 g/mol. The summed E-state index contributed by atoms with van der Waals surface area (Å²) in [7, 11) is 0. The zero-order valence-corrected chi connectivity index (χ0v) is 12.5. The molecule has 19 heavy (non-hydrogen) atoms. The molecule has 2 N–H and O–H groups in total. The van der Waals surface area contributed by atoms with Gasteiger partial charge in [0.25, 0.3) is 0 Å². The number of hydrogen-bond donors (Lipinski definition) is 2. The quantitative estimate of drug-likeness (QED) is 0.791. The Morgan fingerprint density at radius 3 is 3.05 bits per heavy atom. The number of likely N-dealkylation sites (tertiary alicyclic amines) is 1. The standard InChI is InChI=1S/C15H29N3O/c1-3-5-14(19)17-13-6-4-9-18(10-13)12-15(2)7-8-16-11-15/h13,16H,3-12H2,1-2H3,(H,17,19). The molecule has 0 aliphatic carbocycles. The van der Waals surface area contributed by atoms with Crippen LogP contribution >= 0.6 is 0 Å². The molecular formula is C15H29N3O. The molecule has 2 rings (SSSR count). The largest absolute Gasteiger partial charge is 0.352 e. The van der Waals surface area contributed by atoms with Crippen molar-refractivity contribution in [1.29, 1.82) is 0 Å². The first-order valence-corrected chi connectivity index (χ1v) is 7.84. The Bertz CT molecular complexity index is 300. The van der Waals surface area contributed by atoms with E-state index in [0.29, 0.717) is 17.9 Å². The smallest absolute Gasteiger partial charge is 0.220 e. The van der Waals surface area contributed by atoms with Gasteiger partial charge < -0.3 is 15.5 Å². The van der Waals surface area contributed by atoms with E-state index in [2.05, 4.69) is 29.4 Å². The molecule has 0 radical (unpaired) electrons. The van der Waals surface area contributed by atoms with Gasteiger partial charge in [-0.2, -0.15) is 0 Å². The Balaban J connectivity index is 1.78. The van der Waals surface area contributed by atoms with E-state index in [4.69, 9.17) is 0 Å². The zero-order chi connectivity index (χ0) is 13.7. The van der Waals surface area contributed by atoms with Crippen LogP contribution in [0.5, 0.6) is 0 Å². The molecule has 110 valence electrons. The molecule has 1 amide bonds. The van der Waals surface area contributed by atoms with Gasteiger partial charge in [0.1, 0.15) is 0 Å². The molecule has 0 spiro atoms. The van der Waals surface area contributed by atoms with Gasteiger partial charge in [-0.25, -0.2) is 0 Å². The second-order valence-corrected chi connectivity index (χ2v) is 6.63. The van der Waals surface area contributed by atoms with Crippen molar-refractivity contribution in [2.24, 2.45) is 5.41 Å². The van der Waals surface area contributed by atoms with Crippen molar-refractivity contribution in [3.8, 4) is 0 Å². The first kappa shape index (κ1) is 14.8. The summed E-state index contributed by atoms with van der Waals surface area (Å²) >= 11 is 0. The molecule has 0 aromatic rings. The van der Waals surface area contributed by atoms with Crippen LogP contribution in [-0.2, 0) is 4.79 Å².